The monoisotopic (exact) mass is 262 g/mol. The Balaban J connectivity index is 2.56. The molecule has 0 fully saturated rings. The van der Waals surface area contributed by atoms with Gasteiger partial charge in [0, 0.05) is 6.54 Å². The van der Waals surface area contributed by atoms with Gasteiger partial charge in [-0.05, 0) is 24.0 Å². The molecule has 0 aliphatic carbocycles. The van der Waals surface area contributed by atoms with Crippen LogP contribution in [0.2, 0.25) is 0 Å². The van der Waals surface area contributed by atoms with Crippen LogP contribution in [0.5, 0.6) is 0 Å². The molecule has 0 unspecified atom stereocenters. The second-order valence-corrected chi connectivity index (χ2v) is 5.90. The number of carboxylic acid groups (broad SMARTS) is 1. The number of aromatic carboxylic acids is 1. The molecule has 1 aromatic heterocycles. The number of aromatic amines is 1. The van der Waals surface area contributed by atoms with E-state index >= 15 is 0 Å². The van der Waals surface area contributed by atoms with Crippen LogP contribution < -0.4 is 5.69 Å². The van der Waals surface area contributed by atoms with Crippen molar-refractivity contribution in [3.63, 3.8) is 0 Å². The predicted octanol–water partition coefficient (Wildman–Crippen LogP) is 2.46. The zero-order valence-corrected chi connectivity index (χ0v) is 11.4. The number of hydrogen-bond acceptors (Lipinski definition) is 2. The molecule has 2 aromatic rings. The lowest BCUT2D eigenvalue weighted by atomic mass is 9.92. The van der Waals surface area contributed by atoms with Gasteiger partial charge in [0.15, 0.2) is 0 Å². The number of aromatic nitrogens is 2. The zero-order chi connectivity index (χ0) is 14.2. The molecular weight excluding hydrogens is 244 g/mol. The van der Waals surface area contributed by atoms with Gasteiger partial charge < -0.3 is 10.1 Å². The van der Waals surface area contributed by atoms with E-state index in [1.165, 1.54) is 10.6 Å². The highest BCUT2D eigenvalue weighted by Gasteiger charge is 2.17. The van der Waals surface area contributed by atoms with Crippen LogP contribution in [-0.2, 0) is 6.54 Å². The molecule has 0 saturated heterocycles. The highest BCUT2D eigenvalue weighted by atomic mass is 16.4. The fourth-order valence-electron chi connectivity index (χ4n) is 2.05. The third-order valence-electron chi connectivity index (χ3n) is 3.11. The quantitative estimate of drug-likeness (QED) is 0.892. The molecule has 0 spiro atoms. The molecule has 19 heavy (non-hydrogen) atoms. The average Bonchev–Trinajstić information content (AvgIpc) is 2.60. The maximum Gasteiger partial charge on any atom is 0.337 e. The summed E-state index contributed by atoms with van der Waals surface area (Å²) in [5, 5.41) is 9.22. The molecular formula is C14H18N2O3. The number of imidazole rings is 1. The Morgan fingerprint density at radius 1 is 1.37 bits per heavy atom. The van der Waals surface area contributed by atoms with Gasteiger partial charge in [0.1, 0.15) is 0 Å². The van der Waals surface area contributed by atoms with Gasteiger partial charge in [-0.15, -0.1) is 0 Å². The Bertz CT molecular complexity index is 674. The maximum absolute atomic E-state index is 11.9. The molecule has 0 aliphatic rings. The van der Waals surface area contributed by atoms with Crippen molar-refractivity contribution in [3.05, 3.63) is 34.2 Å². The van der Waals surface area contributed by atoms with Gasteiger partial charge in [0.25, 0.3) is 0 Å². The van der Waals surface area contributed by atoms with Crippen molar-refractivity contribution >= 4 is 17.0 Å². The molecule has 0 bridgehead atoms. The predicted molar refractivity (Wildman–Crippen MR) is 73.6 cm³/mol. The molecule has 0 aliphatic heterocycles. The highest BCUT2D eigenvalue weighted by molar-refractivity contribution is 6.01. The number of nitrogens with zero attached hydrogens (tertiary/aromatic N) is 1. The summed E-state index contributed by atoms with van der Waals surface area (Å²) >= 11 is 0. The van der Waals surface area contributed by atoms with Crippen molar-refractivity contribution < 1.29 is 9.90 Å². The van der Waals surface area contributed by atoms with Crippen molar-refractivity contribution in [2.45, 2.75) is 33.7 Å². The fourth-order valence-corrected chi connectivity index (χ4v) is 2.05. The van der Waals surface area contributed by atoms with Gasteiger partial charge in [-0.3, -0.25) is 4.57 Å². The Morgan fingerprint density at radius 2 is 2.05 bits per heavy atom. The number of rotatable bonds is 3. The standard InChI is InChI=1S/C14H18N2O3/c1-14(2,3)7-8-16-11-9(12(17)18)5-4-6-10(11)15-13(16)19/h4-6H,7-8H2,1-3H3,(H,15,19)(H,17,18). The molecule has 1 heterocycles. The average molecular weight is 262 g/mol. The number of H-pyrrole nitrogens is 1. The van der Waals surface area contributed by atoms with Crippen LogP contribution in [0.1, 0.15) is 37.6 Å². The van der Waals surface area contributed by atoms with Crippen LogP contribution in [0, 0.1) is 5.41 Å². The second-order valence-electron chi connectivity index (χ2n) is 5.90. The van der Waals surface area contributed by atoms with Crippen LogP contribution in [-0.4, -0.2) is 20.6 Å². The third-order valence-corrected chi connectivity index (χ3v) is 3.11. The van der Waals surface area contributed by atoms with Gasteiger partial charge in [0.2, 0.25) is 0 Å². The van der Waals surface area contributed by atoms with E-state index in [-0.39, 0.29) is 16.7 Å². The first-order valence-electron chi connectivity index (χ1n) is 6.24. The number of carbonyl (C=O) groups is 1. The van der Waals surface area contributed by atoms with Crippen LogP contribution in [0.3, 0.4) is 0 Å². The number of fused-ring (bicyclic) bond motifs is 1. The van der Waals surface area contributed by atoms with E-state index in [9.17, 15) is 14.7 Å². The Labute approximate surface area is 110 Å². The summed E-state index contributed by atoms with van der Waals surface area (Å²) < 4.78 is 1.52. The van der Waals surface area contributed by atoms with Gasteiger partial charge in [0.05, 0.1) is 16.6 Å². The van der Waals surface area contributed by atoms with Gasteiger partial charge in [-0.2, -0.15) is 0 Å². The summed E-state index contributed by atoms with van der Waals surface area (Å²) in [5.41, 5.74) is 1.03. The lowest BCUT2D eigenvalue weighted by Crippen LogP contribution is -2.21. The number of nitrogens with one attached hydrogen (secondary N) is 1. The van der Waals surface area contributed by atoms with E-state index in [1.807, 2.05) is 0 Å². The smallest absolute Gasteiger partial charge is 0.337 e. The minimum Gasteiger partial charge on any atom is -0.478 e. The minimum atomic E-state index is -1.02. The number of aryl methyl sites for hydroxylation is 1. The van der Waals surface area contributed by atoms with Crippen molar-refractivity contribution in [1.29, 1.82) is 0 Å². The summed E-state index contributed by atoms with van der Waals surface area (Å²) in [6, 6.07) is 4.87. The summed E-state index contributed by atoms with van der Waals surface area (Å²) in [7, 11) is 0. The topological polar surface area (TPSA) is 75.1 Å². The summed E-state index contributed by atoms with van der Waals surface area (Å²) in [6.07, 6.45) is 0.799. The van der Waals surface area contributed by atoms with E-state index in [4.69, 9.17) is 0 Å². The Hall–Kier alpha value is -2.04. The Kier molecular flexibility index (Phi) is 3.22. The Morgan fingerprint density at radius 3 is 2.63 bits per heavy atom. The number of para-hydroxylation sites is 1. The summed E-state index contributed by atoms with van der Waals surface area (Å²) in [6.45, 7) is 6.77. The lowest BCUT2D eigenvalue weighted by molar-refractivity contribution is 0.0698. The molecule has 1 aromatic carbocycles. The summed E-state index contributed by atoms with van der Waals surface area (Å²) in [4.78, 5) is 25.9. The second kappa shape index (κ2) is 4.57. The van der Waals surface area contributed by atoms with E-state index < -0.39 is 5.97 Å². The molecule has 2 N–H and O–H groups in total. The van der Waals surface area contributed by atoms with Crippen LogP contribution in [0.15, 0.2) is 23.0 Å². The zero-order valence-electron chi connectivity index (χ0n) is 11.4. The van der Waals surface area contributed by atoms with Crippen molar-refractivity contribution in [2.75, 3.05) is 0 Å². The van der Waals surface area contributed by atoms with E-state index in [2.05, 4.69) is 25.8 Å². The van der Waals surface area contributed by atoms with Gasteiger partial charge in [-0.1, -0.05) is 26.8 Å². The normalized spacial score (nSPS) is 11.9. The van der Waals surface area contributed by atoms with Crippen LogP contribution in [0.4, 0.5) is 0 Å². The first-order valence-corrected chi connectivity index (χ1v) is 6.24. The van der Waals surface area contributed by atoms with E-state index in [0.29, 0.717) is 17.6 Å². The first kappa shape index (κ1) is 13.4. The van der Waals surface area contributed by atoms with Gasteiger partial charge in [-0.25, -0.2) is 9.59 Å². The molecule has 2 rings (SSSR count). The molecule has 0 radical (unpaired) electrons. The molecule has 0 saturated carbocycles. The van der Waals surface area contributed by atoms with Crippen molar-refractivity contribution in [2.24, 2.45) is 5.41 Å². The minimum absolute atomic E-state index is 0.0845. The van der Waals surface area contributed by atoms with Crippen molar-refractivity contribution in [1.82, 2.24) is 9.55 Å². The SMILES string of the molecule is CC(C)(C)CCn1c(=O)[nH]c2cccc(C(=O)O)c21. The van der Waals surface area contributed by atoms with Crippen molar-refractivity contribution in [3.8, 4) is 0 Å². The first-order chi connectivity index (χ1) is 8.79. The van der Waals surface area contributed by atoms with E-state index in [0.717, 1.165) is 6.42 Å². The van der Waals surface area contributed by atoms with Crippen LogP contribution >= 0.6 is 0 Å². The largest absolute Gasteiger partial charge is 0.478 e. The fraction of sp³-hybridized carbons (Fsp3) is 0.429. The number of benzene rings is 1. The molecule has 0 atom stereocenters. The van der Waals surface area contributed by atoms with E-state index in [1.54, 1.807) is 12.1 Å². The summed E-state index contributed by atoms with van der Waals surface area (Å²) in [5.74, 6) is -1.02. The van der Waals surface area contributed by atoms with Gasteiger partial charge >= 0.3 is 11.7 Å². The maximum atomic E-state index is 11.9. The molecule has 5 heteroatoms. The molecule has 0 amide bonds. The molecule has 102 valence electrons. The highest BCUT2D eigenvalue weighted by Crippen LogP contribution is 2.22. The van der Waals surface area contributed by atoms with Crippen LogP contribution in [0.25, 0.3) is 11.0 Å². The molecule has 5 nitrogen and oxygen atoms in total. The number of hydrogen-bond donors (Lipinski definition) is 2. The third kappa shape index (κ3) is 2.70. The lowest BCUT2D eigenvalue weighted by Gasteiger charge is -2.18. The number of carboxylic acids is 1.